The summed E-state index contributed by atoms with van der Waals surface area (Å²) in [5.41, 5.74) is 4.54. The Labute approximate surface area is 101 Å². The number of likely N-dealkylation sites (N-methyl/N-ethyl adjacent to an activating group) is 1. The topological polar surface area (TPSA) is 3.24 Å². The fourth-order valence-electron chi connectivity index (χ4n) is 1.88. The molecule has 0 aromatic heterocycles. The molecule has 1 aliphatic rings. The summed E-state index contributed by atoms with van der Waals surface area (Å²) >= 11 is 0. The molecule has 1 heteroatoms. The SMILES string of the molecule is CC.CC.Cc1cccc2c1CN(C)CC2. The minimum absolute atomic E-state index is 1.13. The van der Waals surface area contributed by atoms with Gasteiger partial charge in [0.15, 0.2) is 0 Å². The first-order chi connectivity index (χ1) is 7.77. The van der Waals surface area contributed by atoms with Crippen molar-refractivity contribution in [1.82, 2.24) is 4.90 Å². The van der Waals surface area contributed by atoms with Gasteiger partial charge in [-0.05, 0) is 37.1 Å². The molecular formula is C15H27N. The van der Waals surface area contributed by atoms with E-state index in [1.807, 2.05) is 27.7 Å². The van der Waals surface area contributed by atoms with Crippen LogP contribution in [0.3, 0.4) is 0 Å². The van der Waals surface area contributed by atoms with Crippen molar-refractivity contribution >= 4 is 0 Å². The molecule has 0 atom stereocenters. The maximum atomic E-state index is 2.38. The minimum atomic E-state index is 1.13. The lowest BCUT2D eigenvalue weighted by atomic mass is 9.96. The molecular weight excluding hydrogens is 194 g/mol. The molecule has 1 aromatic rings. The van der Waals surface area contributed by atoms with E-state index >= 15 is 0 Å². The Hall–Kier alpha value is -0.820. The Morgan fingerprint density at radius 1 is 1.06 bits per heavy atom. The first-order valence-electron chi connectivity index (χ1n) is 6.53. The van der Waals surface area contributed by atoms with Gasteiger partial charge in [-0.3, -0.25) is 0 Å². The van der Waals surface area contributed by atoms with Crippen LogP contribution in [-0.4, -0.2) is 18.5 Å². The van der Waals surface area contributed by atoms with Crippen LogP contribution in [0.5, 0.6) is 0 Å². The van der Waals surface area contributed by atoms with Crippen molar-refractivity contribution in [3.05, 3.63) is 34.9 Å². The van der Waals surface area contributed by atoms with Crippen molar-refractivity contribution in [3.63, 3.8) is 0 Å². The first-order valence-corrected chi connectivity index (χ1v) is 6.53. The predicted molar refractivity (Wildman–Crippen MR) is 73.9 cm³/mol. The number of hydrogen-bond donors (Lipinski definition) is 0. The second kappa shape index (κ2) is 8.35. The van der Waals surface area contributed by atoms with Gasteiger partial charge in [0, 0.05) is 13.1 Å². The zero-order valence-electron chi connectivity index (χ0n) is 11.8. The van der Waals surface area contributed by atoms with E-state index in [-0.39, 0.29) is 0 Å². The molecule has 0 spiro atoms. The monoisotopic (exact) mass is 221 g/mol. The standard InChI is InChI=1S/C11H15N.2C2H6/c1-9-4-3-5-10-6-7-12(2)8-11(9)10;2*1-2/h3-5H,6-8H2,1-2H3;2*1-2H3. The summed E-state index contributed by atoms with van der Waals surface area (Å²) in [5, 5.41) is 0. The Bertz CT molecular complexity index is 291. The Kier molecular flexibility index (Phi) is 7.92. The van der Waals surface area contributed by atoms with Gasteiger partial charge in [0.1, 0.15) is 0 Å². The van der Waals surface area contributed by atoms with Gasteiger partial charge < -0.3 is 4.90 Å². The second-order valence-electron chi connectivity index (χ2n) is 3.70. The molecule has 1 aromatic carbocycles. The van der Waals surface area contributed by atoms with Crippen molar-refractivity contribution in [2.24, 2.45) is 0 Å². The maximum Gasteiger partial charge on any atom is 0.0236 e. The van der Waals surface area contributed by atoms with Gasteiger partial charge in [0.2, 0.25) is 0 Å². The van der Waals surface area contributed by atoms with Gasteiger partial charge in [-0.25, -0.2) is 0 Å². The zero-order valence-corrected chi connectivity index (χ0v) is 11.8. The van der Waals surface area contributed by atoms with E-state index in [1.165, 1.54) is 18.5 Å². The third-order valence-corrected chi connectivity index (χ3v) is 2.70. The summed E-state index contributed by atoms with van der Waals surface area (Å²) in [6.45, 7) is 12.5. The quantitative estimate of drug-likeness (QED) is 0.639. The average Bonchev–Trinajstić information content (AvgIpc) is 2.35. The van der Waals surface area contributed by atoms with Crippen LogP contribution >= 0.6 is 0 Å². The van der Waals surface area contributed by atoms with Crippen LogP contribution in [0.4, 0.5) is 0 Å². The lowest BCUT2D eigenvalue weighted by Crippen LogP contribution is -2.27. The molecule has 0 saturated carbocycles. The number of nitrogens with zero attached hydrogens (tertiary/aromatic N) is 1. The summed E-state index contributed by atoms with van der Waals surface area (Å²) in [6, 6.07) is 6.63. The van der Waals surface area contributed by atoms with Gasteiger partial charge in [0.05, 0.1) is 0 Å². The van der Waals surface area contributed by atoms with Crippen LogP contribution in [-0.2, 0) is 13.0 Å². The number of hydrogen-bond acceptors (Lipinski definition) is 1. The number of benzene rings is 1. The largest absolute Gasteiger partial charge is 0.302 e. The van der Waals surface area contributed by atoms with Crippen LogP contribution < -0.4 is 0 Å². The predicted octanol–water partition coefficient (Wildman–Crippen LogP) is 4.04. The summed E-state index contributed by atoms with van der Waals surface area (Å²) in [6.07, 6.45) is 1.22. The molecule has 0 fully saturated rings. The van der Waals surface area contributed by atoms with E-state index < -0.39 is 0 Å². The van der Waals surface area contributed by atoms with Crippen molar-refractivity contribution in [2.75, 3.05) is 13.6 Å². The Morgan fingerprint density at radius 2 is 1.69 bits per heavy atom. The Balaban J connectivity index is 0.000000509. The molecule has 0 unspecified atom stereocenters. The lowest BCUT2D eigenvalue weighted by Gasteiger charge is -2.26. The Morgan fingerprint density at radius 3 is 2.31 bits per heavy atom. The maximum absolute atomic E-state index is 2.38. The molecule has 1 aliphatic heterocycles. The van der Waals surface area contributed by atoms with Crippen LogP contribution in [0.25, 0.3) is 0 Å². The third-order valence-electron chi connectivity index (χ3n) is 2.70. The summed E-state index contributed by atoms with van der Waals surface area (Å²) in [5.74, 6) is 0. The molecule has 2 rings (SSSR count). The molecule has 0 amide bonds. The summed E-state index contributed by atoms with van der Waals surface area (Å²) < 4.78 is 0. The molecule has 0 bridgehead atoms. The average molecular weight is 221 g/mol. The van der Waals surface area contributed by atoms with Gasteiger partial charge in [-0.1, -0.05) is 45.9 Å². The highest BCUT2D eigenvalue weighted by Gasteiger charge is 2.13. The van der Waals surface area contributed by atoms with E-state index in [2.05, 4.69) is 37.1 Å². The molecule has 16 heavy (non-hydrogen) atoms. The van der Waals surface area contributed by atoms with Gasteiger partial charge in [-0.15, -0.1) is 0 Å². The fraction of sp³-hybridized carbons (Fsp3) is 0.600. The van der Waals surface area contributed by atoms with Crippen LogP contribution in [0.1, 0.15) is 44.4 Å². The van der Waals surface area contributed by atoms with E-state index in [1.54, 1.807) is 11.1 Å². The molecule has 1 nitrogen and oxygen atoms in total. The van der Waals surface area contributed by atoms with Gasteiger partial charge >= 0.3 is 0 Å². The zero-order chi connectivity index (χ0) is 12.6. The molecule has 0 N–H and O–H groups in total. The molecule has 1 heterocycles. The lowest BCUT2D eigenvalue weighted by molar-refractivity contribution is 0.312. The van der Waals surface area contributed by atoms with Crippen molar-refractivity contribution in [1.29, 1.82) is 0 Å². The van der Waals surface area contributed by atoms with Gasteiger partial charge in [0.25, 0.3) is 0 Å². The minimum Gasteiger partial charge on any atom is -0.302 e. The first kappa shape index (κ1) is 15.2. The van der Waals surface area contributed by atoms with E-state index in [0.29, 0.717) is 0 Å². The number of rotatable bonds is 0. The molecule has 0 aliphatic carbocycles. The molecule has 0 saturated heterocycles. The number of fused-ring (bicyclic) bond motifs is 1. The molecule has 92 valence electrons. The van der Waals surface area contributed by atoms with Crippen molar-refractivity contribution in [2.45, 2.75) is 47.6 Å². The number of aryl methyl sites for hydroxylation is 1. The molecule has 0 radical (unpaired) electrons. The normalized spacial score (nSPS) is 13.9. The summed E-state index contributed by atoms with van der Waals surface area (Å²) in [7, 11) is 2.19. The van der Waals surface area contributed by atoms with E-state index in [9.17, 15) is 0 Å². The van der Waals surface area contributed by atoms with Crippen LogP contribution in [0, 0.1) is 6.92 Å². The van der Waals surface area contributed by atoms with Crippen LogP contribution in [0.2, 0.25) is 0 Å². The van der Waals surface area contributed by atoms with Gasteiger partial charge in [-0.2, -0.15) is 0 Å². The van der Waals surface area contributed by atoms with Crippen LogP contribution in [0.15, 0.2) is 18.2 Å². The third kappa shape index (κ3) is 3.97. The fourth-order valence-corrected chi connectivity index (χ4v) is 1.88. The van der Waals surface area contributed by atoms with E-state index in [4.69, 9.17) is 0 Å². The summed E-state index contributed by atoms with van der Waals surface area (Å²) in [4.78, 5) is 2.38. The second-order valence-corrected chi connectivity index (χ2v) is 3.70. The highest BCUT2D eigenvalue weighted by Crippen LogP contribution is 2.20. The van der Waals surface area contributed by atoms with Crippen molar-refractivity contribution in [3.8, 4) is 0 Å². The smallest absolute Gasteiger partial charge is 0.0236 e. The highest BCUT2D eigenvalue weighted by molar-refractivity contribution is 5.35. The highest BCUT2D eigenvalue weighted by atomic mass is 15.1. The van der Waals surface area contributed by atoms with Crippen molar-refractivity contribution < 1.29 is 0 Å². The van der Waals surface area contributed by atoms with E-state index in [0.717, 1.165) is 6.54 Å².